The van der Waals surface area contributed by atoms with E-state index in [9.17, 15) is 19.1 Å². The molecule has 0 radical (unpaired) electrons. The molecular weight excluding hydrogens is 408 g/mol. The Morgan fingerprint density at radius 3 is 2.29 bits per heavy atom. The van der Waals surface area contributed by atoms with Crippen LogP contribution in [-0.4, -0.2) is 51.8 Å². The summed E-state index contributed by atoms with van der Waals surface area (Å²) in [5.41, 5.74) is -0.121. The summed E-state index contributed by atoms with van der Waals surface area (Å²) >= 11 is 0. The number of aromatic nitrogens is 3. The molecule has 31 heavy (non-hydrogen) atoms. The molecule has 1 aromatic carbocycles. The molecule has 3 heterocycles. The van der Waals surface area contributed by atoms with Crippen molar-refractivity contribution in [3.8, 4) is 0 Å². The second-order valence-corrected chi connectivity index (χ2v) is 7.81. The zero-order valence-electron chi connectivity index (χ0n) is 16.5. The average molecular weight is 427 g/mol. The zero-order chi connectivity index (χ0) is 21.7. The van der Waals surface area contributed by atoms with E-state index in [0.717, 1.165) is 31.3 Å². The number of carbonyl (C=O) groups is 1. The monoisotopic (exact) mass is 427 g/mol. The van der Waals surface area contributed by atoms with Gasteiger partial charge in [0, 0.05) is 43.8 Å². The first-order valence-corrected chi connectivity index (χ1v) is 10.0. The minimum Gasteiger partial charge on any atom is -0.477 e. The highest BCUT2D eigenvalue weighted by Crippen LogP contribution is 2.38. The Kier molecular flexibility index (Phi) is 4.57. The summed E-state index contributed by atoms with van der Waals surface area (Å²) in [6, 6.07) is 2.90. The maximum absolute atomic E-state index is 15.0. The third-order valence-electron chi connectivity index (χ3n) is 5.78. The van der Waals surface area contributed by atoms with Crippen LogP contribution in [0.25, 0.3) is 10.9 Å². The van der Waals surface area contributed by atoms with Gasteiger partial charge in [-0.05, 0) is 25.0 Å². The number of hydrogen-bond donors (Lipinski definition) is 1. The van der Waals surface area contributed by atoms with Gasteiger partial charge >= 0.3 is 5.97 Å². The van der Waals surface area contributed by atoms with Crippen molar-refractivity contribution in [2.45, 2.75) is 18.9 Å². The second-order valence-electron chi connectivity index (χ2n) is 7.81. The van der Waals surface area contributed by atoms with Crippen LogP contribution < -0.4 is 15.2 Å². The smallest absolute Gasteiger partial charge is 0.341 e. The fourth-order valence-corrected chi connectivity index (χ4v) is 4.02. The van der Waals surface area contributed by atoms with Crippen LogP contribution in [0.3, 0.4) is 0 Å². The molecule has 1 saturated heterocycles. The lowest BCUT2D eigenvalue weighted by molar-refractivity contribution is 0.0695. The maximum atomic E-state index is 15.0. The van der Waals surface area contributed by atoms with Crippen molar-refractivity contribution in [2.24, 2.45) is 0 Å². The second kappa shape index (κ2) is 7.29. The van der Waals surface area contributed by atoms with E-state index in [-0.39, 0.29) is 17.0 Å². The summed E-state index contributed by atoms with van der Waals surface area (Å²) < 4.78 is 29.8. The summed E-state index contributed by atoms with van der Waals surface area (Å²) in [6.07, 6.45) is 5.37. The van der Waals surface area contributed by atoms with Crippen molar-refractivity contribution in [3.05, 3.63) is 58.1 Å². The van der Waals surface area contributed by atoms with Crippen molar-refractivity contribution in [2.75, 3.05) is 36.0 Å². The van der Waals surface area contributed by atoms with Crippen LogP contribution in [0.15, 0.2) is 35.5 Å². The summed E-state index contributed by atoms with van der Waals surface area (Å²) in [5.74, 6) is -1.97. The van der Waals surface area contributed by atoms with Gasteiger partial charge in [0.15, 0.2) is 5.82 Å². The van der Waals surface area contributed by atoms with Gasteiger partial charge in [-0.3, -0.25) is 4.79 Å². The van der Waals surface area contributed by atoms with E-state index in [1.807, 2.05) is 9.80 Å². The Morgan fingerprint density at radius 1 is 1.03 bits per heavy atom. The third-order valence-corrected chi connectivity index (χ3v) is 5.78. The number of aromatic carboxylic acids is 1. The molecule has 0 amide bonds. The number of hydrogen-bond acceptors (Lipinski definition) is 6. The van der Waals surface area contributed by atoms with Crippen LogP contribution in [-0.2, 0) is 0 Å². The number of nitrogens with zero attached hydrogens (tertiary/aromatic N) is 5. The van der Waals surface area contributed by atoms with Crippen molar-refractivity contribution in [1.29, 1.82) is 0 Å². The lowest BCUT2D eigenvalue weighted by Gasteiger charge is -2.36. The van der Waals surface area contributed by atoms with Gasteiger partial charge in [-0.2, -0.15) is 0 Å². The molecule has 2 fully saturated rings. The van der Waals surface area contributed by atoms with E-state index in [0.29, 0.717) is 43.3 Å². The standard InChI is InChI=1S/C21H19F2N5O3/c22-12-9-24-21(25-10-12)27-5-3-26(4-6-27)18-8-17-14(7-16(18)23)19(29)15(20(30)31)11-28(17)13-1-2-13/h7-11,13H,1-6H2,(H,30,31). The minimum atomic E-state index is -1.31. The van der Waals surface area contributed by atoms with E-state index >= 15 is 4.39 Å². The highest BCUT2D eigenvalue weighted by atomic mass is 19.1. The normalized spacial score (nSPS) is 16.7. The third kappa shape index (κ3) is 3.47. The summed E-state index contributed by atoms with van der Waals surface area (Å²) in [7, 11) is 0. The Labute approximate surface area is 175 Å². The molecular formula is C21H19F2N5O3. The molecule has 160 valence electrons. The lowest BCUT2D eigenvalue weighted by Crippen LogP contribution is -2.47. The van der Waals surface area contributed by atoms with Crippen LogP contribution in [0.2, 0.25) is 0 Å². The highest BCUT2D eigenvalue weighted by molar-refractivity contribution is 5.93. The van der Waals surface area contributed by atoms with Gasteiger partial charge in [-0.1, -0.05) is 0 Å². The topological polar surface area (TPSA) is 91.6 Å². The zero-order valence-corrected chi connectivity index (χ0v) is 16.5. The van der Waals surface area contributed by atoms with Gasteiger partial charge < -0.3 is 19.5 Å². The Hall–Kier alpha value is -3.56. The van der Waals surface area contributed by atoms with Gasteiger partial charge in [0.25, 0.3) is 0 Å². The molecule has 1 saturated carbocycles. The number of piperazine rings is 1. The molecule has 8 nitrogen and oxygen atoms in total. The molecule has 0 bridgehead atoms. The first kappa shape index (κ1) is 19.4. The predicted octanol–water partition coefficient (Wildman–Crippen LogP) is 2.43. The first-order chi connectivity index (χ1) is 14.9. The van der Waals surface area contributed by atoms with Gasteiger partial charge in [0.1, 0.15) is 11.4 Å². The Morgan fingerprint density at radius 2 is 1.68 bits per heavy atom. The fourth-order valence-electron chi connectivity index (χ4n) is 4.02. The quantitative estimate of drug-likeness (QED) is 0.684. The molecule has 3 aromatic rings. The molecule has 10 heteroatoms. The van der Waals surface area contributed by atoms with Crippen molar-refractivity contribution in [1.82, 2.24) is 14.5 Å². The summed E-state index contributed by atoms with van der Waals surface area (Å²) in [4.78, 5) is 35.8. The number of rotatable bonds is 4. The van der Waals surface area contributed by atoms with Crippen molar-refractivity contribution in [3.63, 3.8) is 0 Å². The summed E-state index contributed by atoms with van der Waals surface area (Å²) in [5, 5.41) is 9.44. The predicted molar refractivity (Wildman–Crippen MR) is 110 cm³/mol. The lowest BCUT2D eigenvalue weighted by atomic mass is 10.1. The van der Waals surface area contributed by atoms with E-state index in [1.165, 1.54) is 6.20 Å². The largest absolute Gasteiger partial charge is 0.477 e. The van der Waals surface area contributed by atoms with E-state index in [4.69, 9.17) is 0 Å². The molecule has 0 spiro atoms. The Balaban J connectivity index is 1.48. The van der Waals surface area contributed by atoms with Gasteiger partial charge in [0.2, 0.25) is 11.4 Å². The highest BCUT2D eigenvalue weighted by Gasteiger charge is 2.28. The first-order valence-electron chi connectivity index (χ1n) is 10.0. The van der Waals surface area contributed by atoms with Gasteiger partial charge in [-0.15, -0.1) is 0 Å². The Bertz CT molecular complexity index is 1230. The number of fused-ring (bicyclic) bond motifs is 1. The molecule has 2 aliphatic rings. The number of anilines is 2. The molecule has 1 aliphatic carbocycles. The summed E-state index contributed by atoms with van der Waals surface area (Å²) in [6.45, 7) is 2.03. The van der Waals surface area contributed by atoms with Crippen LogP contribution in [0.5, 0.6) is 0 Å². The fraction of sp³-hybridized carbons (Fsp3) is 0.333. The molecule has 0 atom stereocenters. The van der Waals surface area contributed by atoms with Gasteiger partial charge in [-0.25, -0.2) is 23.5 Å². The van der Waals surface area contributed by atoms with Crippen LogP contribution in [0.4, 0.5) is 20.4 Å². The number of halogens is 2. The minimum absolute atomic E-state index is 0.0754. The molecule has 5 rings (SSSR count). The van der Waals surface area contributed by atoms with Gasteiger partial charge in [0.05, 0.1) is 23.6 Å². The number of benzene rings is 1. The van der Waals surface area contributed by atoms with Crippen LogP contribution in [0.1, 0.15) is 29.2 Å². The number of carboxylic acids is 1. The van der Waals surface area contributed by atoms with Crippen molar-refractivity contribution < 1.29 is 18.7 Å². The number of pyridine rings is 1. The van der Waals surface area contributed by atoms with E-state index in [1.54, 1.807) is 10.6 Å². The SMILES string of the molecule is O=C(O)c1cn(C2CC2)c2cc(N3CCN(c4ncc(F)cn4)CC3)c(F)cc2c1=O. The molecule has 1 N–H and O–H groups in total. The number of carboxylic acid groups (broad SMARTS) is 1. The van der Waals surface area contributed by atoms with Crippen LogP contribution >= 0.6 is 0 Å². The van der Waals surface area contributed by atoms with Crippen molar-refractivity contribution >= 4 is 28.5 Å². The molecule has 1 aliphatic heterocycles. The molecule has 2 aromatic heterocycles. The van der Waals surface area contributed by atoms with Crippen LogP contribution in [0, 0.1) is 11.6 Å². The molecule has 0 unspecified atom stereocenters. The van der Waals surface area contributed by atoms with E-state index in [2.05, 4.69) is 9.97 Å². The van der Waals surface area contributed by atoms with E-state index < -0.39 is 23.0 Å². The maximum Gasteiger partial charge on any atom is 0.341 e. The average Bonchev–Trinajstić information content (AvgIpc) is 3.60.